The average molecular weight is 384 g/mol. The molecule has 0 aliphatic heterocycles. The van der Waals surface area contributed by atoms with Gasteiger partial charge in [-0.3, -0.25) is 14.4 Å². The first kappa shape index (κ1) is 19.3. The van der Waals surface area contributed by atoms with Crippen molar-refractivity contribution in [3.05, 3.63) is 35.5 Å². The zero-order chi connectivity index (χ0) is 20.3. The molecule has 5 heteroatoms. The summed E-state index contributed by atoms with van der Waals surface area (Å²) in [5.41, 5.74) is 1.13. The lowest BCUT2D eigenvalue weighted by Crippen LogP contribution is -2.55. The van der Waals surface area contributed by atoms with Gasteiger partial charge in [0.2, 0.25) is 0 Å². The number of rotatable bonds is 3. The maximum atomic E-state index is 12.7. The molecule has 4 aliphatic carbocycles. The lowest BCUT2D eigenvalue weighted by Gasteiger charge is -2.58. The molecule has 0 aromatic rings. The van der Waals surface area contributed by atoms with Gasteiger partial charge in [0.1, 0.15) is 0 Å². The molecule has 2 saturated carbocycles. The lowest BCUT2D eigenvalue weighted by atomic mass is 9.47. The van der Waals surface area contributed by atoms with Crippen molar-refractivity contribution in [1.82, 2.24) is 0 Å². The van der Waals surface area contributed by atoms with Gasteiger partial charge in [0, 0.05) is 29.2 Å². The van der Waals surface area contributed by atoms with Crippen LogP contribution in [0.1, 0.15) is 46.5 Å². The maximum absolute atomic E-state index is 12.7. The molecule has 150 valence electrons. The monoisotopic (exact) mass is 384 g/mol. The number of hydrogen-bond donors (Lipinski definition) is 1. The molecule has 0 aromatic heterocycles. The van der Waals surface area contributed by atoms with Gasteiger partial charge in [-0.25, -0.2) is 0 Å². The first-order chi connectivity index (χ1) is 13.2. The molecule has 0 amide bonds. The molecule has 0 heterocycles. The highest BCUT2D eigenvalue weighted by molar-refractivity contribution is 6.01. The first-order valence-electron chi connectivity index (χ1n) is 10.2. The van der Waals surface area contributed by atoms with Crippen LogP contribution in [0, 0.1) is 28.6 Å². The minimum Gasteiger partial charge on any atom is -0.457 e. The van der Waals surface area contributed by atoms with Gasteiger partial charge in [0.05, 0.1) is 6.10 Å². The molecule has 0 radical (unpaired) electrons. The van der Waals surface area contributed by atoms with Gasteiger partial charge < -0.3 is 9.84 Å². The molecule has 0 spiro atoms. The van der Waals surface area contributed by atoms with E-state index in [4.69, 9.17) is 4.74 Å². The number of aliphatic hydroxyl groups excluding tert-OH is 1. The van der Waals surface area contributed by atoms with Crippen molar-refractivity contribution in [2.24, 2.45) is 28.6 Å². The number of aliphatic hydroxyl groups is 1. The van der Waals surface area contributed by atoms with Crippen LogP contribution >= 0.6 is 0 Å². The number of ketones is 2. The van der Waals surface area contributed by atoms with Gasteiger partial charge in [-0.2, -0.15) is 0 Å². The van der Waals surface area contributed by atoms with Crippen LogP contribution in [-0.4, -0.2) is 35.4 Å². The SMILES string of the molecule is CC(=O)OCC(=O)C1=CC[C@H]2[C@@H]3CCC4=CC(=O)C=C[C@]4(C)[C@H]3[C@@H](O)C[C@]12C. The molecule has 0 unspecified atom stereocenters. The van der Waals surface area contributed by atoms with Crippen LogP contribution in [0.15, 0.2) is 35.5 Å². The summed E-state index contributed by atoms with van der Waals surface area (Å²) in [5.74, 6) is 0.0194. The van der Waals surface area contributed by atoms with Gasteiger partial charge >= 0.3 is 5.97 Å². The Hall–Kier alpha value is -2.01. The summed E-state index contributed by atoms with van der Waals surface area (Å²) in [6.45, 7) is 5.28. The van der Waals surface area contributed by atoms with E-state index in [0.717, 1.165) is 24.8 Å². The van der Waals surface area contributed by atoms with Gasteiger partial charge in [0.15, 0.2) is 18.2 Å². The minimum absolute atomic E-state index is 0.0296. The van der Waals surface area contributed by atoms with E-state index in [-0.39, 0.29) is 41.3 Å². The van der Waals surface area contributed by atoms with E-state index in [0.29, 0.717) is 12.0 Å². The summed E-state index contributed by atoms with van der Waals surface area (Å²) in [5, 5.41) is 11.2. The Balaban J connectivity index is 1.63. The van der Waals surface area contributed by atoms with Crippen LogP contribution in [0.5, 0.6) is 0 Å². The normalized spacial score (nSPS) is 41.4. The highest BCUT2D eigenvalue weighted by atomic mass is 16.5. The van der Waals surface area contributed by atoms with Gasteiger partial charge in [-0.15, -0.1) is 0 Å². The number of Topliss-reactive ketones (excluding diaryl/α,β-unsaturated/α-hetero) is 1. The molecule has 0 saturated heterocycles. The van der Waals surface area contributed by atoms with Crippen LogP contribution < -0.4 is 0 Å². The second kappa shape index (κ2) is 6.51. The Morgan fingerprint density at radius 2 is 2.07 bits per heavy atom. The van der Waals surface area contributed by atoms with Crippen molar-refractivity contribution in [1.29, 1.82) is 0 Å². The predicted molar refractivity (Wildman–Crippen MR) is 103 cm³/mol. The summed E-state index contributed by atoms with van der Waals surface area (Å²) < 4.78 is 4.93. The fourth-order valence-corrected chi connectivity index (χ4v) is 6.57. The van der Waals surface area contributed by atoms with Crippen LogP contribution in [0.4, 0.5) is 0 Å². The third kappa shape index (κ3) is 2.74. The minimum atomic E-state index is -0.555. The number of fused-ring (bicyclic) bond motifs is 5. The number of allylic oxidation sites excluding steroid dienone is 5. The summed E-state index contributed by atoms with van der Waals surface area (Å²) >= 11 is 0. The van der Waals surface area contributed by atoms with E-state index in [9.17, 15) is 19.5 Å². The standard InChI is InChI=1S/C23H28O5/c1-13(24)28-12-20(27)18-7-6-17-16-5-4-14-10-15(25)8-9-22(14,2)21(16)19(26)11-23(17,18)3/h7-10,16-17,19,21,26H,4-6,11-12H2,1-3H3/t16-,17-,19-,21+,22-,23-/m0/s1. The van der Waals surface area contributed by atoms with Crippen molar-refractivity contribution < 1.29 is 24.2 Å². The summed E-state index contributed by atoms with van der Waals surface area (Å²) in [7, 11) is 0. The van der Waals surface area contributed by atoms with Crippen LogP contribution in [0.2, 0.25) is 0 Å². The van der Waals surface area contributed by atoms with Gasteiger partial charge in [0.25, 0.3) is 0 Å². The molecule has 0 aromatic carbocycles. The molecule has 5 nitrogen and oxygen atoms in total. The van der Waals surface area contributed by atoms with Crippen LogP contribution in [0.3, 0.4) is 0 Å². The molecule has 4 aliphatic rings. The second-order valence-electron chi connectivity index (χ2n) is 9.27. The van der Waals surface area contributed by atoms with Crippen LogP contribution in [-0.2, 0) is 19.1 Å². The van der Waals surface area contributed by atoms with Gasteiger partial charge in [-0.1, -0.05) is 31.6 Å². The lowest BCUT2D eigenvalue weighted by molar-refractivity contribution is -0.145. The number of hydrogen-bond acceptors (Lipinski definition) is 5. The topological polar surface area (TPSA) is 80.7 Å². The fraction of sp³-hybridized carbons (Fsp3) is 0.609. The van der Waals surface area contributed by atoms with E-state index in [1.165, 1.54) is 6.92 Å². The average Bonchev–Trinajstić information content (AvgIpc) is 2.96. The molecule has 28 heavy (non-hydrogen) atoms. The molecule has 0 bridgehead atoms. The van der Waals surface area contributed by atoms with E-state index in [1.807, 2.05) is 12.2 Å². The molecule has 1 N–H and O–H groups in total. The Labute approximate surface area is 165 Å². The molecule has 6 atom stereocenters. The van der Waals surface area contributed by atoms with Crippen molar-refractivity contribution in [2.45, 2.75) is 52.6 Å². The largest absolute Gasteiger partial charge is 0.457 e. The number of ether oxygens (including phenoxy) is 1. The smallest absolute Gasteiger partial charge is 0.303 e. The third-order valence-corrected chi connectivity index (χ3v) is 7.78. The number of carbonyl (C=O) groups is 3. The van der Waals surface area contributed by atoms with E-state index < -0.39 is 17.5 Å². The zero-order valence-corrected chi connectivity index (χ0v) is 16.7. The van der Waals surface area contributed by atoms with E-state index in [2.05, 4.69) is 13.8 Å². The van der Waals surface area contributed by atoms with Gasteiger partial charge in [-0.05, 0) is 49.7 Å². The molecular formula is C23H28O5. The molecule has 2 fully saturated rings. The van der Waals surface area contributed by atoms with E-state index >= 15 is 0 Å². The van der Waals surface area contributed by atoms with Crippen molar-refractivity contribution in [3.8, 4) is 0 Å². The highest BCUT2D eigenvalue weighted by Crippen LogP contribution is 2.64. The Morgan fingerprint density at radius 3 is 2.79 bits per heavy atom. The quantitative estimate of drug-likeness (QED) is 0.757. The van der Waals surface area contributed by atoms with Crippen molar-refractivity contribution in [3.63, 3.8) is 0 Å². The zero-order valence-electron chi connectivity index (χ0n) is 16.7. The summed E-state index contributed by atoms with van der Waals surface area (Å²) in [6.07, 6.45) is 9.91. The number of carbonyl (C=O) groups excluding carboxylic acids is 3. The summed E-state index contributed by atoms with van der Waals surface area (Å²) in [4.78, 5) is 35.7. The highest BCUT2D eigenvalue weighted by Gasteiger charge is 2.60. The Kier molecular flexibility index (Phi) is 4.49. The molecule has 4 rings (SSSR count). The van der Waals surface area contributed by atoms with Crippen molar-refractivity contribution >= 4 is 17.5 Å². The third-order valence-electron chi connectivity index (χ3n) is 7.78. The van der Waals surface area contributed by atoms with Crippen LogP contribution in [0.25, 0.3) is 0 Å². The predicted octanol–water partition coefficient (Wildman–Crippen LogP) is 2.93. The molecular weight excluding hydrogens is 356 g/mol. The first-order valence-corrected chi connectivity index (χ1v) is 10.2. The summed E-state index contributed by atoms with van der Waals surface area (Å²) in [6, 6.07) is 0. The van der Waals surface area contributed by atoms with E-state index in [1.54, 1.807) is 12.2 Å². The second-order valence-corrected chi connectivity index (χ2v) is 9.27. The number of esters is 1. The fourth-order valence-electron chi connectivity index (χ4n) is 6.57. The maximum Gasteiger partial charge on any atom is 0.303 e. The Bertz CT molecular complexity index is 834. The Morgan fingerprint density at radius 1 is 1.32 bits per heavy atom. The van der Waals surface area contributed by atoms with Crippen molar-refractivity contribution in [2.75, 3.05) is 6.61 Å².